The molecule has 0 saturated carbocycles. The van der Waals surface area contributed by atoms with E-state index in [1.165, 1.54) is 0 Å². The van der Waals surface area contributed by atoms with Crippen LogP contribution in [0.1, 0.15) is 24.0 Å². The highest BCUT2D eigenvalue weighted by Crippen LogP contribution is 2.33. The van der Waals surface area contributed by atoms with Gasteiger partial charge in [-0.2, -0.15) is 9.97 Å². The summed E-state index contributed by atoms with van der Waals surface area (Å²) in [5.41, 5.74) is 9.46. The zero-order valence-corrected chi connectivity index (χ0v) is 18.3. The number of rotatable bonds is 6. The molecule has 0 spiro atoms. The molecule has 0 amide bonds. The van der Waals surface area contributed by atoms with Crippen molar-refractivity contribution >= 4 is 17.5 Å². The topological polar surface area (TPSA) is 98.9 Å². The van der Waals surface area contributed by atoms with Gasteiger partial charge in [-0.15, -0.1) is 0 Å². The van der Waals surface area contributed by atoms with E-state index in [1.807, 2.05) is 12.3 Å². The van der Waals surface area contributed by atoms with Gasteiger partial charge in [-0.25, -0.2) is 4.98 Å². The quantitative estimate of drug-likeness (QED) is 0.679. The van der Waals surface area contributed by atoms with E-state index in [0.717, 1.165) is 74.1 Å². The number of fused-ring (bicyclic) bond motifs is 1. The van der Waals surface area contributed by atoms with Crippen LogP contribution in [0.25, 0.3) is 0 Å². The van der Waals surface area contributed by atoms with Crippen LogP contribution in [0.2, 0.25) is 0 Å². The molecule has 0 bridgehead atoms. The molecule has 0 aliphatic carbocycles. The minimum atomic E-state index is 0.0992. The molecule has 1 unspecified atom stereocenters. The third-order valence-corrected chi connectivity index (χ3v) is 6.08. The van der Waals surface area contributed by atoms with E-state index in [-0.39, 0.29) is 6.10 Å². The zero-order valence-electron chi connectivity index (χ0n) is 18.3. The summed E-state index contributed by atoms with van der Waals surface area (Å²) in [6.45, 7) is 10.0. The van der Waals surface area contributed by atoms with Gasteiger partial charge in [0.05, 0.1) is 19.3 Å². The molecular weight excluding hydrogens is 408 g/mol. The standard InChI is InChI=1S/C23H30N6O3/c1-16-11-19-21(24)26-23(32-15-18-3-2-8-31-18)27-22(19)29(13-16)14-17-4-5-25-20(12-17)28-6-9-30-10-7-28/h4-5,12,18H,1-3,6-11,13-15H2,(H2,24,26,27). The fourth-order valence-corrected chi connectivity index (χ4v) is 4.43. The molecule has 2 aromatic rings. The van der Waals surface area contributed by atoms with E-state index in [9.17, 15) is 0 Å². The number of anilines is 3. The van der Waals surface area contributed by atoms with Gasteiger partial charge >= 0.3 is 6.01 Å². The van der Waals surface area contributed by atoms with Gasteiger partial charge in [-0.1, -0.05) is 12.2 Å². The minimum Gasteiger partial charge on any atom is -0.461 e. The molecule has 0 radical (unpaired) electrons. The summed E-state index contributed by atoms with van der Waals surface area (Å²) in [6, 6.07) is 4.49. The van der Waals surface area contributed by atoms with E-state index in [4.69, 9.17) is 24.9 Å². The Hall–Kier alpha value is -2.91. The highest BCUT2D eigenvalue weighted by molar-refractivity contribution is 5.63. The third kappa shape index (κ3) is 4.63. The Labute approximate surface area is 188 Å². The zero-order chi connectivity index (χ0) is 21.9. The lowest BCUT2D eigenvalue weighted by atomic mass is 10.0. The number of aromatic nitrogens is 3. The number of pyridine rings is 1. The SMILES string of the molecule is C=C1Cc2c(N)nc(OCC3CCCO3)nc2N(Cc2ccnc(N3CCOCC3)c2)C1. The minimum absolute atomic E-state index is 0.0992. The molecule has 0 aromatic carbocycles. The van der Waals surface area contributed by atoms with Gasteiger partial charge in [0.25, 0.3) is 0 Å². The first-order chi connectivity index (χ1) is 15.7. The molecule has 170 valence electrons. The summed E-state index contributed by atoms with van der Waals surface area (Å²) in [5, 5.41) is 0. The average Bonchev–Trinajstić information content (AvgIpc) is 3.33. The predicted molar refractivity (Wildman–Crippen MR) is 122 cm³/mol. The van der Waals surface area contributed by atoms with Gasteiger partial charge in [0, 0.05) is 51.0 Å². The van der Waals surface area contributed by atoms with Crippen molar-refractivity contribution in [2.24, 2.45) is 0 Å². The summed E-state index contributed by atoms with van der Waals surface area (Å²) in [4.78, 5) is 18.1. The summed E-state index contributed by atoms with van der Waals surface area (Å²) in [6.07, 6.45) is 4.71. The number of morpholine rings is 1. The second-order valence-corrected chi connectivity index (χ2v) is 8.54. The first kappa shape index (κ1) is 21.0. The second kappa shape index (κ2) is 9.30. The lowest BCUT2D eigenvalue weighted by molar-refractivity contribution is 0.0646. The summed E-state index contributed by atoms with van der Waals surface area (Å²) < 4.78 is 17.0. The Balaban J connectivity index is 1.36. The summed E-state index contributed by atoms with van der Waals surface area (Å²) >= 11 is 0. The van der Waals surface area contributed by atoms with Gasteiger partial charge < -0.3 is 29.7 Å². The van der Waals surface area contributed by atoms with Gasteiger partial charge in [0.1, 0.15) is 24.1 Å². The van der Waals surface area contributed by atoms with Crippen molar-refractivity contribution in [3.8, 4) is 6.01 Å². The number of hydrogen-bond acceptors (Lipinski definition) is 9. The van der Waals surface area contributed by atoms with E-state index in [0.29, 0.717) is 37.9 Å². The molecule has 2 N–H and O–H groups in total. The van der Waals surface area contributed by atoms with Crippen LogP contribution in [-0.4, -0.2) is 67.1 Å². The monoisotopic (exact) mass is 438 g/mol. The Kier molecular flexibility index (Phi) is 6.09. The molecule has 3 aliphatic heterocycles. The van der Waals surface area contributed by atoms with Crippen LogP contribution in [0.15, 0.2) is 30.5 Å². The molecule has 32 heavy (non-hydrogen) atoms. The Morgan fingerprint density at radius 2 is 2.09 bits per heavy atom. The first-order valence-electron chi connectivity index (χ1n) is 11.3. The van der Waals surface area contributed by atoms with Gasteiger partial charge in [-0.3, -0.25) is 0 Å². The fourth-order valence-electron chi connectivity index (χ4n) is 4.43. The van der Waals surface area contributed by atoms with Gasteiger partial charge in [0.2, 0.25) is 0 Å². The van der Waals surface area contributed by atoms with Crippen molar-refractivity contribution < 1.29 is 14.2 Å². The number of ether oxygens (including phenoxy) is 3. The molecule has 2 saturated heterocycles. The highest BCUT2D eigenvalue weighted by atomic mass is 16.5. The fraction of sp³-hybridized carbons (Fsp3) is 0.522. The van der Waals surface area contributed by atoms with Crippen LogP contribution in [0.5, 0.6) is 6.01 Å². The third-order valence-electron chi connectivity index (χ3n) is 6.08. The van der Waals surface area contributed by atoms with Crippen LogP contribution in [0.4, 0.5) is 17.5 Å². The molecule has 1 atom stereocenters. The molecule has 5 rings (SSSR count). The van der Waals surface area contributed by atoms with Crippen molar-refractivity contribution in [2.75, 3.05) is 61.6 Å². The van der Waals surface area contributed by atoms with Crippen LogP contribution in [0.3, 0.4) is 0 Å². The number of nitrogens with zero attached hydrogens (tertiary/aromatic N) is 5. The normalized spacial score (nSPS) is 21.0. The Morgan fingerprint density at radius 1 is 1.22 bits per heavy atom. The van der Waals surface area contributed by atoms with E-state index in [1.54, 1.807) is 0 Å². The van der Waals surface area contributed by atoms with Crippen molar-refractivity contribution in [3.05, 3.63) is 41.6 Å². The van der Waals surface area contributed by atoms with Crippen molar-refractivity contribution in [1.82, 2.24) is 15.0 Å². The molecule has 2 fully saturated rings. The van der Waals surface area contributed by atoms with Crippen LogP contribution in [0, 0.1) is 0 Å². The lowest BCUT2D eigenvalue weighted by Crippen LogP contribution is -2.37. The first-order valence-corrected chi connectivity index (χ1v) is 11.3. The maximum Gasteiger partial charge on any atom is 0.320 e. The molecule has 9 heteroatoms. The maximum atomic E-state index is 6.31. The number of nitrogens with two attached hydrogens (primary N) is 1. The van der Waals surface area contributed by atoms with Gasteiger partial charge in [-0.05, 0) is 30.5 Å². The molecular formula is C23H30N6O3. The molecule has 5 heterocycles. The molecule has 2 aromatic heterocycles. The highest BCUT2D eigenvalue weighted by Gasteiger charge is 2.26. The predicted octanol–water partition coefficient (Wildman–Crippen LogP) is 1.97. The smallest absolute Gasteiger partial charge is 0.320 e. The summed E-state index contributed by atoms with van der Waals surface area (Å²) in [7, 11) is 0. The lowest BCUT2D eigenvalue weighted by Gasteiger charge is -2.32. The Bertz CT molecular complexity index is 972. The van der Waals surface area contributed by atoms with Crippen molar-refractivity contribution in [3.63, 3.8) is 0 Å². The average molecular weight is 439 g/mol. The van der Waals surface area contributed by atoms with E-state index >= 15 is 0 Å². The number of nitrogen functional groups attached to an aromatic ring is 1. The maximum absolute atomic E-state index is 6.31. The van der Waals surface area contributed by atoms with Crippen LogP contribution < -0.4 is 20.3 Å². The number of hydrogen-bond donors (Lipinski definition) is 1. The summed E-state index contributed by atoms with van der Waals surface area (Å²) in [5.74, 6) is 2.24. The van der Waals surface area contributed by atoms with Crippen molar-refractivity contribution in [2.45, 2.75) is 31.9 Å². The second-order valence-electron chi connectivity index (χ2n) is 8.54. The molecule has 9 nitrogen and oxygen atoms in total. The van der Waals surface area contributed by atoms with Crippen LogP contribution >= 0.6 is 0 Å². The molecule has 3 aliphatic rings. The Morgan fingerprint density at radius 3 is 2.91 bits per heavy atom. The largest absolute Gasteiger partial charge is 0.461 e. The van der Waals surface area contributed by atoms with Gasteiger partial charge in [0.15, 0.2) is 0 Å². The van der Waals surface area contributed by atoms with E-state index in [2.05, 4.69) is 32.4 Å². The van der Waals surface area contributed by atoms with Crippen LogP contribution in [-0.2, 0) is 22.4 Å². The van der Waals surface area contributed by atoms with Crippen molar-refractivity contribution in [1.29, 1.82) is 0 Å². The van der Waals surface area contributed by atoms with E-state index < -0.39 is 0 Å².